The first-order valence-corrected chi connectivity index (χ1v) is 11.1. The molecule has 0 aliphatic heterocycles. The Labute approximate surface area is 194 Å². The number of aromatic nitrogens is 3. The monoisotopic (exact) mass is 477 g/mol. The fourth-order valence-electron chi connectivity index (χ4n) is 2.95. The molecule has 1 aromatic heterocycles. The normalized spacial score (nSPS) is 11.8. The molecule has 0 bridgehead atoms. The van der Waals surface area contributed by atoms with Crippen LogP contribution in [-0.4, -0.2) is 32.3 Å². The van der Waals surface area contributed by atoms with E-state index in [0.29, 0.717) is 32.3 Å². The average molecular weight is 478 g/mol. The number of nitrogens with one attached hydrogen (secondary N) is 2. The summed E-state index contributed by atoms with van der Waals surface area (Å²) in [5, 5.41) is 15.5. The Balaban J connectivity index is 1.59. The number of halogens is 2. The van der Waals surface area contributed by atoms with Gasteiger partial charge in [-0.1, -0.05) is 53.2 Å². The van der Waals surface area contributed by atoms with Crippen molar-refractivity contribution >= 4 is 52.5 Å². The van der Waals surface area contributed by atoms with Gasteiger partial charge in [-0.3, -0.25) is 9.59 Å². The highest BCUT2D eigenvalue weighted by molar-refractivity contribution is 7.99. The van der Waals surface area contributed by atoms with Gasteiger partial charge < -0.3 is 15.2 Å². The van der Waals surface area contributed by atoms with E-state index >= 15 is 0 Å². The summed E-state index contributed by atoms with van der Waals surface area (Å²) in [5.41, 5.74) is 2.03. The molecule has 10 heteroatoms. The number of aryl methyl sites for hydroxylation is 1. The Hall–Kier alpha value is -2.55. The van der Waals surface area contributed by atoms with Gasteiger partial charge in [0.1, 0.15) is 0 Å². The van der Waals surface area contributed by atoms with Gasteiger partial charge >= 0.3 is 0 Å². The molecule has 0 aliphatic rings. The van der Waals surface area contributed by atoms with Crippen LogP contribution >= 0.6 is 35.0 Å². The minimum absolute atomic E-state index is 0.125. The standard InChI is InChI=1S/C21H21Cl2N5O2S/c1-12-6-4-5-7-17(12)20(30)24-13(2)19-26-27-21(28(19)3)31-11-18(29)25-16-9-14(22)8-15(23)10-16/h4-10,13H,11H2,1-3H3,(H,24,30)(H,25,29). The zero-order chi connectivity index (χ0) is 22.5. The largest absolute Gasteiger partial charge is 0.342 e. The Bertz CT molecular complexity index is 1100. The third kappa shape index (κ3) is 6.00. The van der Waals surface area contributed by atoms with Gasteiger partial charge in [-0.25, -0.2) is 0 Å². The lowest BCUT2D eigenvalue weighted by Crippen LogP contribution is -2.29. The summed E-state index contributed by atoms with van der Waals surface area (Å²) in [4.78, 5) is 24.8. The van der Waals surface area contributed by atoms with Crippen LogP contribution in [0.5, 0.6) is 0 Å². The Kier molecular flexibility index (Phi) is 7.59. The second kappa shape index (κ2) is 10.2. The minimum Gasteiger partial charge on any atom is -0.342 e. The summed E-state index contributed by atoms with van der Waals surface area (Å²) in [6.45, 7) is 3.73. The molecule has 31 heavy (non-hydrogen) atoms. The van der Waals surface area contributed by atoms with Crippen molar-refractivity contribution in [2.24, 2.45) is 7.05 Å². The molecule has 2 N–H and O–H groups in total. The maximum Gasteiger partial charge on any atom is 0.252 e. The third-order valence-corrected chi connectivity index (χ3v) is 5.93. The van der Waals surface area contributed by atoms with Crippen LogP contribution in [0.15, 0.2) is 47.6 Å². The summed E-state index contributed by atoms with van der Waals surface area (Å²) < 4.78 is 1.76. The third-order valence-electron chi connectivity index (χ3n) is 4.47. The highest BCUT2D eigenvalue weighted by atomic mass is 35.5. The molecular formula is C21H21Cl2N5O2S. The lowest BCUT2D eigenvalue weighted by molar-refractivity contribution is -0.113. The molecule has 0 radical (unpaired) electrons. The lowest BCUT2D eigenvalue weighted by atomic mass is 10.1. The van der Waals surface area contributed by atoms with Gasteiger partial charge in [0.25, 0.3) is 5.91 Å². The van der Waals surface area contributed by atoms with Crippen LogP contribution in [0.3, 0.4) is 0 Å². The van der Waals surface area contributed by atoms with Crippen molar-refractivity contribution in [3.8, 4) is 0 Å². The molecule has 0 spiro atoms. The molecule has 0 fully saturated rings. The molecule has 162 valence electrons. The van der Waals surface area contributed by atoms with Gasteiger partial charge in [-0.2, -0.15) is 0 Å². The second-order valence-corrected chi connectivity index (χ2v) is 8.72. The van der Waals surface area contributed by atoms with Crippen LogP contribution in [-0.2, 0) is 11.8 Å². The van der Waals surface area contributed by atoms with Crippen LogP contribution in [0.4, 0.5) is 5.69 Å². The predicted octanol–water partition coefficient (Wildman–Crippen LogP) is 4.65. The molecular weight excluding hydrogens is 457 g/mol. The van der Waals surface area contributed by atoms with Gasteiger partial charge in [0.15, 0.2) is 11.0 Å². The van der Waals surface area contributed by atoms with E-state index in [1.54, 1.807) is 35.9 Å². The van der Waals surface area contributed by atoms with E-state index in [2.05, 4.69) is 20.8 Å². The van der Waals surface area contributed by atoms with Gasteiger partial charge in [0.2, 0.25) is 5.91 Å². The summed E-state index contributed by atoms with van der Waals surface area (Å²) in [6, 6.07) is 11.9. The Morgan fingerprint density at radius 2 is 1.81 bits per heavy atom. The fourth-order valence-corrected chi connectivity index (χ4v) is 4.19. The van der Waals surface area contributed by atoms with Gasteiger partial charge in [0, 0.05) is 28.3 Å². The molecule has 2 amide bonds. The van der Waals surface area contributed by atoms with E-state index in [0.717, 1.165) is 5.56 Å². The van der Waals surface area contributed by atoms with Gasteiger partial charge in [0.05, 0.1) is 11.8 Å². The van der Waals surface area contributed by atoms with Crippen molar-refractivity contribution in [3.63, 3.8) is 0 Å². The number of thioether (sulfide) groups is 1. The number of carbonyl (C=O) groups excluding carboxylic acids is 2. The van der Waals surface area contributed by atoms with Crippen LogP contribution in [0, 0.1) is 6.92 Å². The predicted molar refractivity (Wildman–Crippen MR) is 124 cm³/mol. The number of amides is 2. The van der Waals surface area contributed by atoms with Gasteiger partial charge in [-0.05, 0) is 43.7 Å². The summed E-state index contributed by atoms with van der Waals surface area (Å²) >= 11 is 13.1. The molecule has 1 heterocycles. The molecule has 3 aromatic rings. The van der Waals surface area contributed by atoms with E-state index < -0.39 is 0 Å². The van der Waals surface area contributed by atoms with E-state index in [1.807, 2.05) is 32.0 Å². The highest BCUT2D eigenvalue weighted by Crippen LogP contribution is 2.24. The Morgan fingerprint density at radius 1 is 1.13 bits per heavy atom. The summed E-state index contributed by atoms with van der Waals surface area (Å²) in [7, 11) is 1.79. The Morgan fingerprint density at radius 3 is 2.48 bits per heavy atom. The van der Waals surface area contributed by atoms with Crippen molar-refractivity contribution in [2.75, 3.05) is 11.1 Å². The van der Waals surface area contributed by atoms with E-state index in [1.165, 1.54) is 11.8 Å². The molecule has 0 aliphatic carbocycles. The number of carbonyl (C=O) groups is 2. The number of hydrogen-bond donors (Lipinski definition) is 2. The number of rotatable bonds is 7. The SMILES string of the molecule is Cc1ccccc1C(=O)NC(C)c1nnc(SCC(=O)Nc2cc(Cl)cc(Cl)c2)n1C. The topological polar surface area (TPSA) is 88.9 Å². The van der Waals surface area contributed by atoms with Crippen molar-refractivity contribution in [1.82, 2.24) is 20.1 Å². The first-order valence-electron chi connectivity index (χ1n) is 9.39. The van der Waals surface area contributed by atoms with Crippen LogP contribution in [0.25, 0.3) is 0 Å². The fraction of sp³-hybridized carbons (Fsp3) is 0.238. The average Bonchev–Trinajstić information content (AvgIpc) is 3.06. The van der Waals surface area contributed by atoms with E-state index in [4.69, 9.17) is 23.2 Å². The van der Waals surface area contributed by atoms with Crippen molar-refractivity contribution < 1.29 is 9.59 Å². The summed E-state index contributed by atoms with van der Waals surface area (Å²) in [6.07, 6.45) is 0. The molecule has 1 atom stereocenters. The summed E-state index contributed by atoms with van der Waals surface area (Å²) in [5.74, 6) is 0.308. The first-order chi connectivity index (χ1) is 14.7. The van der Waals surface area contributed by atoms with Crippen LogP contribution in [0.2, 0.25) is 10.0 Å². The van der Waals surface area contributed by atoms with Gasteiger partial charge in [-0.15, -0.1) is 10.2 Å². The maximum atomic E-state index is 12.6. The van der Waals surface area contributed by atoms with E-state index in [-0.39, 0.29) is 23.6 Å². The molecule has 7 nitrogen and oxygen atoms in total. The number of nitrogens with zero attached hydrogens (tertiary/aromatic N) is 3. The molecule has 0 saturated heterocycles. The van der Waals surface area contributed by atoms with Crippen LogP contribution < -0.4 is 10.6 Å². The second-order valence-electron chi connectivity index (χ2n) is 6.90. The number of benzene rings is 2. The molecule has 0 saturated carbocycles. The maximum absolute atomic E-state index is 12.6. The zero-order valence-corrected chi connectivity index (χ0v) is 19.5. The molecule has 2 aromatic carbocycles. The zero-order valence-electron chi connectivity index (χ0n) is 17.1. The molecule has 3 rings (SSSR count). The molecule has 1 unspecified atom stereocenters. The number of anilines is 1. The lowest BCUT2D eigenvalue weighted by Gasteiger charge is -2.14. The first kappa shape index (κ1) is 23.1. The number of hydrogen-bond acceptors (Lipinski definition) is 5. The van der Waals surface area contributed by atoms with E-state index in [9.17, 15) is 9.59 Å². The van der Waals surface area contributed by atoms with Crippen LogP contribution in [0.1, 0.15) is 34.7 Å². The van der Waals surface area contributed by atoms with Crippen molar-refractivity contribution in [1.29, 1.82) is 0 Å². The highest BCUT2D eigenvalue weighted by Gasteiger charge is 2.19. The quantitative estimate of drug-likeness (QED) is 0.483. The van der Waals surface area contributed by atoms with Crippen molar-refractivity contribution in [2.45, 2.75) is 25.0 Å². The van der Waals surface area contributed by atoms with Crippen molar-refractivity contribution in [3.05, 3.63) is 69.5 Å². The minimum atomic E-state index is -0.360. The smallest absolute Gasteiger partial charge is 0.252 e.